The quantitative estimate of drug-likeness (QED) is 0.802. The van der Waals surface area contributed by atoms with Crippen LogP contribution in [-0.2, 0) is 6.54 Å². The number of carbonyl (C=O) groups excluding carboxylic acids is 2. The monoisotopic (exact) mass is 313 g/mol. The third-order valence-electron chi connectivity index (χ3n) is 3.03. The van der Waals surface area contributed by atoms with Crippen molar-refractivity contribution in [2.24, 2.45) is 0 Å². The number of nitrogens with one attached hydrogen (secondary N) is 2. The zero-order chi connectivity index (χ0) is 16.7. The van der Waals surface area contributed by atoms with Crippen molar-refractivity contribution in [3.63, 3.8) is 0 Å². The molecule has 0 aliphatic heterocycles. The van der Waals surface area contributed by atoms with Gasteiger partial charge < -0.3 is 10.6 Å². The topological polar surface area (TPSA) is 71.1 Å². The lowest BCUT2D eigenvalue weighted by Crippen LogP contribution is -2.26. The Hall–Kier alpha value is -3.02. The molecule has 0 fully saturated rings. The fourth-order valence-electron chi connectivity index (χ4n) is 1.84. The Morgan fingerprint density at radius 2 is 1.87 bits per heavy atom. The van der Waals surface area contributed by atoms with E-state index in [0.29, 0.717) is 12.1 Å². The highest BCUT2D eigenvalue weighted by Crippen LogP contribution is 2.05. The van der Waals surface area contributed by atoms with Crippen LogP contribution in [0.15, 0.2) is 55.3 Å². The van der Waals surface area contributed by atoms with Crippen molar-refractivity contribution >= 4 is 11.8 Å². The molecule has 0 atom stereocenters. The van der Waals surface area contributed by atoms with Crippen LogP contribution in [0.4, 0.5) is 4.39 Å². The number of nitrogens with zero attached hydrogens (tertiary/aromatic N) is 1. The second-order valence-corrected chi connectivity index (χ2v) is 4.74. The molecule has 1 aromatic heterocycles. The molecular weight excluding hydrogens is 297 g/mol. The Kier molecular flexibility index (Phi) is 5.57. The fourth-order valence-corrected chi connectivity index (χ4v) is 1.84. The van der Waals surface area contributed by atoms with Crippen LogP contribution in [0.1, 0.15) is 26.4 Å². The molecule has 2 rings (SSSR count). The number of carbonyl (C=O) groups is 2. The maximum atomic E-state index is 12.8. The average Bonchev–Trinajstić information content (AvgIpc) is 2.59. The van der Waals surface area contributed by atoms with Crippen LogP contribution in [0.25, 0.3) is 0 Å². The normalized spacial score (nSPS) is 9.96. The molecule has 0 aliphatic carbocycles. The SMILES string of the molecule is C=CCNC(=O)c1ccnc(C(=O)NCc2ccc(F)cc2)c1. The van der Waals surface area contributed by atoms with Gasteiger partial charge in [0.15, 0.2) is 0 Å². The van der Waals surface area contributed by atoms with Gasteiger partial charge in [-0.2, -0.15) is 0 Å². The van der Waals surface area contributed by atoms with E-state index in [1.165, 1.54) is 30.5 Å². The third-order valence-corrected chi connectivity index (χ3v) is 3.03. The molecule has 6 heteroatoms. The van der Waals surface area contributed by atoms with E-state index in [4.69, 9.17) is 0 Å². The minimum absolute atomic E-state index is 0.137. The van der Waals surface area contributed by atoms with Crippen LogP contribution in [-0.4, -0.2) is 23.3 Å². The number of benzene rings is 1. The molecule has 0 aliphatic rings. The predicted molar refractivity (Wildman–Crippen MR) is 84.3 cm³/mol. The minimum atomic E-state index is -0.410. The van der Waals surface area contributed by atoms with Gasteiger partial charge in [-0.3, -0.25) is 14.6 Å². The molecule has 0 radical (unpaired) electrons. The molecule has 0 bridgehead atoms. The van der Waals surface area contributed by atoms with Crippen molar-refractivity contribution in [3.8, 4) is 0 Å². The zero-order valence-electron chi connectivity index (χ0n) is 12.4. The van der Waals surface area contributed by atoms with Crippen molar-refractivity contribution in [1.29, 1.82) is 0 Å². The van der Waals surface area contributed by atoms with Crippen LogP contribution in [0.2, 0.25) is 0 Å². The number of halogens is 1. The fraction of sp³-hybridized carbons (Fsp3) is 0.118. The number of amides is 2. The summed E-state index contributed by atoms with van der Waals surface area (Å²) in [5, 5.41) is 5.30. The average molecular weight is 313 g/mol. The summed E-state index contributed by atoms with van der Waals surface area (Å²) in [5.74, 6) is -1.05. The summed E-state index contributed by atoms with van der Waals surface area (Å²) in [5.41, 5.74) is 1.24. The summed E-state index contributed by atoms with van der Waals surface area (Å²) < 4.78 is 12.8. The molecule has 2 aromatic rings. The van der Waals surface area contributed by atoms with E-state index in [0.717, 1.165) is 5.56 Å². The van der Waals surface area contributed by atoms with Gasteiger partial charge in [-0.05, 0) is 29.8 Å². The largest absolute Gasteiger partial charge is 0.349 e. The smallest absolute Gasteiger partial charge is 0.270 e. The Balaban J connectivity index is 2.00. The van der Waals surface area contributed by atoms with Crippen LogP contribution >= 0.6 is 0 Å². The van der Waals surface area contributed by atoms with Gasteiger partial charge in [-0.25, -0.2) is 4.39 Å². The first-order valence-electron chi connectivity index (χ1n) is 6.98. The lowest BCUT2D eigenvalue weighted by atomic mass is 10.2. The molecule has 1 aromatic carbocycles. The van der Waals surface area contributed by atoms with E-state index >= 15 is 0 Å². The van der Waals surface area contributed by atoms with E-state index in [1.54, 1.807) is 18.2 Å². The Bertz CT molecular complexity index is 714. The second kappa shape index (κ2) is 7.84. The molecule has 1 heterocycles. The summed E-state index contributed by atoms with van der Waals surface area (Å²) >= 11 is 0. The summed E-state index contributed by atoms with van der Waals surface area (Å²) in [6.45, 7) is 4.10. The summed E-state index contributed by atoms with van der Waals surface area (Å²) in [6, 6.07) is 8.76. The molecule has 118 valence electrons. The Labute approximate surface area is 133 Å². The first-order chi connectivity index (χ1) is 11.1. The lowest BCUT2D eigenvalue weighted by Gasteiger charge is -2.07. The highest BCUT2D eigenvalue weighted by Gasteiger charge is 2.11. The van der Waals surface area contributed by atoms with Gasteiger partial charge in [0.25, 0.3) is 11.8 Å². The van der Waals surface area contributed by atoms with Crippen molar-refractivity contribution in [2.75, 3.05) is 6.54 Å². The minimum Gasteiger partial charge on any atom is -0.349 e. The Morgan fingerprint density at radius 3 is 2.57 bits per heavy atom. The molecule has 0 unspecified atom stereocenters. The van der Waals surface area contributed by atoms with Crippen LogP contribution in [0.5, 0.6) is 0 Å². The summed E-state index contributed by atoms with van der Waals surface area (Å²) in [6.07, 6.45) is 2.96. The second-order valence-electron chi connectivity index (χ2n) is 4.74. The van der Waals surface area contributed by atoms with Crippen molar-refractivity contribution in [1.82, 2.24) is 15.6 Å². The van der Waals surface area contributed by atoms with E-state index in [9.17, 15) is 14.0 Å². The molecule has 0 saturated heterocycles. The van der Waals surface area contributed by atoms with E-state index in [-0.39, 0.29) is 24.0 Å². The summed E-state index contributed by atoms with van der Waals surface area (Å²) in [7, 11) is 0. The van der Waals surface area contributed by atoms with Gasteiger partial charge in [-0.1, -0.05) is 18.2 Å². The first kappa shape index (κ1) is 16.4. The lowest BCUT2D eigenvalue weighted by molar-refractivity contribution is 0.0946. The van der Waals surface area contributed by atoms with Gasteiger partial charge in [0, 0.05) is 24.8 Å². The standard InChI is InChI=1S/C17H16FN3O2/c1-2-8-20-16(22)13-7-9-19-15(10-13)17(23)21-11-12-3-5-14(18)6-4-12/h2-7,9-10H,1,8,11H2,(H,20,22)(H,21,23). The number of rotatable bonds is 6. The van der Waals surface area contributed by atoms with Crippen molar-refractivity contribution < 1.29 is 14.0 Å². The Morgan fingerprint density at radius 1 is 1.13 bits per heavy atom. The third kappa shape index (κ3) is 4.74. The van der Waals surface area contributed by atoms with Crippen LogP contribution < -0.4 is 10.6 Å². The maximum Gasteiger partial charge on any atom is 0.270 e. The molecular formula is C17H16FN3O2. The van der Waals surface area contributed by atoms with Crippen molar-refractivity contribution in [2.45, 2.75) is 6.54 Å². The first-order valence-corrected chi connectivity index (χ1v) is 6.98. The highest BCUT2D eigenvalue weighted by atomic mass is 19.1. The van der Waals surface area contributed by atoms with Crippen LogP contribution in [0.3, 0.4) is 0 Å². The van der Waals surface area contributed by atoms with Gasteiger partial charge in [-0.15, -0.1) is 6.58 Å². The molecule has 23 heavy (non-hydrogen) atoms. The van der Waals surface area contributed by atoms with E-state index < -0.39 is 5.91 Å². The zero-order valence-corrected chi connectivity index (χ0v) is 12.4. The molecule has 5 nitrogen and oxygen atoms in total. The van der Waals surface area contributed by atoms with E-state index in [2.05, 4.69) is 22.2 Å². The number of hydrogen-bond acceptors (Lipinski definition) is 3. The molecule has 2 N–H and O–H groups in total. The number of aromatic nitrogens is 1. The number of hydrogen-bond donors (Lipinski definition) is 2. The van der Waals surface area contributed by atoms with Gasteiger partial charge in [0.1, 0.15) is 11.5 Å². The van der Waals surface area contributed by atoms with Gasteiger partial charge in [0.2, 0.25) is 0 Å². The van der Waals surface area contributed by atoms with Crippen molar-refractivity contribution in [3.05, 3.63) is 77.9 Å². The van der Waals surface area contributed by atoms with Crippen LogP contribution in [0, 0.1) is 5.82 Å². The maximum absolute atomic E-state index is 12.8. The number of pyridine rings is 1. The molecule has 2 amide bonds. The highest BCUT2D eigenvalue weighted by molar-refractivity contribution is 5.98. The van der Waals surface area contributed by atoms with Gasteiger partial charge in [0.05, 0.1) is 0 Å². The summed E-state index contributed by atoms with van der Waals surface area (Å²) in [4.78, 5) is 27.9. The van der Waals surface area contributed by atoms with E-state index in [1.807, 2.05) is 0 Å². The molecule has 0 saturated carbocycles. The predicted octanol–water partition coefficient (Wildman–Crippen LogP) is 2.07. The molecule has 0 spiro atoms. The van der Waals surface area contributed by atoms with Gasteiger partial charge >= 0.3 is 0 Å².